The van der Waals surface area contributed by atoms with Crippen LogP contribution in [0, 0.1) is 11.3 Å². The fourth-order valence-electron chi connectivity index (χ4n) is 4.79. The molecule has 10 heteroatoms. The molecule has 170 valence electrons. The monoisotopic (exact) mass is 425 g/mol. The Balaban J connectivity index is 1.42. The number of carbonyl (C=O) groups excluding carboxylic acids is 2. The maximum absolute atomic E-state index is 12.7. The Morgan fingerprint density at radius 3 is 2.50 bits per heavy atom. The predicted octanol–water partition coefficient (Wildman–Crippen LogP) is 0.0856. The van der Waals surface area contributed by atoms with Gasteiger partial charge in [0.05, 0.1) is 20.7 Å². The Bertz CT molecular complexity index is 631. The average Bonchev–Trinajstić information content (AvgIpc) is 3.03. The zero-order valence-electron chi connectivity index (χ0n) is 18.3. The number of hydrogen-bond donors (Lipinski definition) is 2. The van der Waals surface area contributed by atoms with Crippen LogP contribution in [0.15, 0.2) is 0 Å². The van der Waals surface area contributed by atoms with E-state index >= 15 is 0 Å². The molecule has 0 aliphatic carbocycles. The van der Waals surface area contributed by atoms with Gasteiger partial charge < -0.3 is 25.0 Å². The summed E-state index contributed by atoms with van der Waals surface area (Å²) in [5, 5.41) is 7.56. The lowest BCUT2D eigenvalue weighted by Crippen LogP contribution is -2.54. The zero-order valence-corrected chi connectivity index (χ0v) is 18.3. The van der Waals surface area contributed by atoms with Crippen molar-refractivity contribution in [2.45, 2.75) is 31.9 Å². The molecule has 3 aliphatic rings. The van der Waals surface area contributed by atoms with Crippen molar-refractivity contribution >= 4 is 18.0 Å². The number of methoxy groups -OCH3 is 1. The Morgan fingerprint density at radius 2 is 1.90 bits per heavy atom. The van der Waals surface area contributed by atoms with Gasteiger partial charge in [0.15, 0.2) is 5.96 Å². The highest BCUT2D eigenvalue weighted by Crippen LogP contribution is 2.28. The van der Waals surface area contributed by atoms with Crippen LogP contribution in [0.4, 0.5) is 4.79 Å². The average molecular weight is 426 g/mol. The second-order valence-corrected chi connectivity index (χ2v) is 8.97. The molecule has 0 bridgehead atoms. The van der Waals surface area contributed by atoms with E-state index in [-0.39, 0.29) is 24.3 Å². The normalized spacial score (nSPS) is 29.1. The number of esters is 1. The minimum Gasteiger partial charge on any atom is -0.469 e. The van der Waals surface area contributed by atoms with Gasteiger partial charge in [-0.3, -0.25) is 15.1 Å². The lowest BCUT2D eigenvalue weighted by Gasteiger charge is -2.37. The van der Waals surface area contributed by atoms with Crippen LogP contribution in [0.2, 0.25) is 0 Å². The van der Waals surface area contributed by atoms with Gasteiger partial charge in [-0.25, -0.2) is 4.48 Å². The van der Waals surface area contributed by atoms with Crippen LogP contribution in [0.1, 0.15) is 25.7 Å². The molecule has 3 saturated heterocycles. The van der Waals surface area contributed by atoms with Crippen molar-refractivity contribution < 1.29 is 23.5 Å². The van der Waals surface area contributed by atoms with Crippen molar-refractivity contribution in [2.24, 2.45) is 11.7 Å². The smallest absolute Gasteiger partial charge is 0.469 e. The molecule has 3 N–H and O–H groups in total. The number of ether oxygens (including phenoxy) is 2. The first-order valence-electron chi connectivity index (χ1n) is 11.0. The van der Waals surface area contributed by atoms with Gasteiger partial charge in [0.25, 0.3) is 0 Å². The molecular weight excluding hydrogens is 388 g/mol. The van der Waals surface area contributed by atoms with E-state index in [9.17, 15) is 9.59 Å². The van der Waals surface area contributed by atoms with Crippen molar-refractivity contribution in [2.75, 3.05) is 73.1 Å². The van der Waals surface area contributed by atoms with Gasteiger partial charge in [-0.1, -0.05) is 0 Å². The lowest BCUT2D eigenvalue weighted by atomic mass is 9.95. The second-order valence-electron chi connectivity index (χ2n) is 8.97. The van der Waals surface area contributed by atoms with E-state index < -0.39 is 0 Å². The maximum Gasteiger partial charge on any atom is 0.517 e. The highest BCUT2D eigenvalue weighted by Gasteiger charge is 2.49. The third kappa shape index (κ3) is 5.61. The number of likely N-dealkylation sites (N-methyl/N-ethyl adjacent to an activating group) is 1. The molecule has 3 heterocycles. The van der Waals surface area contributed by atoms with Crippen LogP contribution >= 0.6 is 0 Å². The molecule has 0 aromatic carbocycles. The van der Waals surface area contributed by atoms with Crippen LogP contribution in [0.25, 0.3) is 0 Å². The largest absolute Gasteiger partial charge is 0.517 e. The van der Waals surface area contributed by atoms with Gasteiger partial charge >= 0.3 is 12.1 Å². The van der Waals surface area contributed by atoms with Crippen LogP contribution in [0.5, 0.6) is 0 Å². The van der Waals surface area contributed by atoms with E-state index in [0.717, 1.165) is 71.6 Å². The van der Waals surface area contributed by atoms with Crippen molar-refractivity contribution in [1.29, 1.82) is 5.41 Å². The number of nitrogens with one attached hydrogen (secondary N) is 1. The standard InChI is InChI=1S/C20H37N6O4/c1-26(14-16-5-8-25(9-6-16)19(21)22)15-17(30-20(26)28)24-12-10-23(11-13-24)7-3-4-18(27)29-2/h16-17H,3-15H2,1-2H3,(H3,21,22)/q+1. The molecule has 2 unspecified atom stereocenters. The topological polar surface area (TPSA) is 112 Å². The first kappa shape index (κ1) is 22.8. The Hall–Kier alpha value is -1.91. The van der Waals surface area contributed by atoms with Gasteiger partial charge in [-0.2, -0.15) is 4.79 Å². The fourth-order valence-corrected chi connectivity index (χ4v) is 4.79. The van der Waals surface area contributed by atoms with Gasteiger partial charge in [-0.15, -0.1) is 0 Å². The number of nitrogens with two attached hydrogens (primary N) is 1. The number of amides is 1. The number of piperidine rings is 1. The lowest BCUT2D eigenvalue weighted by molar-refractivity contribution is -0.828. The summed E-state index contributed by atoms with van der Waals surface area (Å²) in [5.41, 5.74) is 5.58. The first-order chi connectivity index (χ1) is 14.3. The molecule has 0 aromatic rings. The van der Waals surface area contributed by atoms with Gasteiger partial charge in [0.1, 0.15) is 6.54 Å². The number of piperazine rings is 1. The molecule has 0 aromatic heterocycles. The molecule has 1 amide bonds. The highest BCUT2D eigenvalue weighted by molar-refractivity contribution is 5.74. The number of likely N-dealkylation sites (tertiary alicyclic amines) is 1. The predicted molar refractivity (Wildman–Crippen MR) is 112 cm³/mol. The third-order valence-corrected chi connectivity index (χ3v) is 6.75. The van der Waals surface area contributed by atoms with Crippen LogP contribution < -0.4 is 5.73 Å². The number of quaternary nitrogens is 1. The molecular formula is C20H37N6O4+. The molecule has 3 rings (SSSR count). The summed E-state index contributed by atoms with van der Waals surface area (Å²) in [6, 6.07) is 0. The van der Waals surface area contributed by atoms with E-state index in [2.05, 4.69) is 9.80 Å². The number of rotatable bonds is 7. The summed E-state index contributed by atoms with van der Waals surface area (Å²) in [5.74, 6) is 0.429. The highest BCUT2D eigenvalue weighted by atomic mass is 16.6. The van der Waals surface area contributed by atoms with Crippen LogP contribution in [-0.2, 0) is 14.3 Å². The van der Waals surface area contributed by atoms with E-state index in [0.29, 0.717) is 23.4 Å². The third-order valence-electron chi connectivity index (χ3n) is 6.75. The van der Waals surface area contributed by atoms with Gasteiger partial charge in [-0.05, 0) is 25.8 Å². The first-order valence-corrected chi connectivity index (χ1v) is 11.0. The summed E-state index contributed by atoms with van der Waals surface area (Å²) in [6.07, 6.45) is 2.89. The Labute approximate surface area is 178 Å². The zero-order chi connectivity index (χ0) is 21.7. The molecule has 2 atom stereocenters. The minimum absolute atomic E-state index is 0.130. The maximum atomic E-state index is 12.7. The van der Waals surface area contributed by atoms with Crippen LogP contribution in [-0.4, -0.2) is 116 Å². The van der Waals surface area contributed by atoms with Gasteiger partial charge in [0.2, 0.25) is 6.23 Å². The minimum atomic E-state index is -0.157. The summed E-state index contributed by atoms with van der Waals surface area (Å²) < 4.78 is 10.8. The number of hydrogen-bond acceptors (Lipinski definition) is 7. The number of guanidine groups is 1. The molecule has 0 saturated carbocycles. The van der Waals surface area contributed by atoms with E-state index in [1.807, 2.05) is 11.9 Å². The molecule has 30 heavy (non-hydrogen) atoms. The Kier molecular flexibility index (Phi) is 7.54. The van der Waals surface area contributed by atoms with Crippen molar-refractivity contribution in [3.8, 4) is 0 Å². The number of cyclic esters (lactones) is 1. The van der Waals surface area contributed by atoms with Crippen molar-refractivity contribution in [3.05, 3.63) is 0 Å². The van der Waals surface area contributed by atoms with E-state index in [1.165, 1.54) is 7.11 Å². The van der Waals surface area contributed by atoms with Crippen LogP contribution in [0.3, 0.4) is 0 Å². The van der Waals surface area contributed by atoms with E-state index in [4.69, 9.17) is 20.6 Å². The Morgan fingerprint density at radius 1 is 1.23 bits per heavy atom. The number of carbonyl (C=O) groups is 2. The quantitative estimate of drug-likeness (QED) is 0.255. The van der Waals surface area contributed by atoms with Gasteiger partial charge in [0, 0.05) is 51.6 Å². The summed E-state index contributed by atoms with van der Waals surface area (Å²) in [4.78, 5) is 30.5. The molecule has 0 radical (unpaired) electrons. The number of nitrogens with zero attached hydrogens (tertiary/aromatic N) is 4. The van der Waals surface area contributed by atoms with Crippen molar-refractivity contribution in [3.63, 3.8) is 0 Å². The second kappa shape index (κ2) is 9.93. The van der Waals surface area contributed by atoms with Crippen molar-refractivity contribution in [1.82, 2.24) is 14.7 Å². The fraction of sp³-hybridized carbons (Fsp3) is 0.850. The summed E-state index contributed by atoms with van der Waals surface area (Å²) in [7, 11) is 3.41. The van der Waals surface area contributed by atoms with E-state index in [1.54, 1.807) is 0 Å². The SMILES string of the molecule is COC(=O)CCCN1CCN(C2C[N+](C)(CC3CCN(C(=N)N)CC3)C(=O)O2)CC1. The molecule has 3 fully saturated rings. The summed E-state index contributed by atoms with van der Waals surface area (Å²) in [6.45, 7) is 7.51. The molecule has 10 nitrogen and oxygen atoms in total. The molecule has 3 aliphatic heterocycles. The molecule has 0 spiro atoms. The summed E-state index contributed by atoms with van der Waals surface area (Å²) >= 11 is 0.